The van der Waals surface area contributed by atoms with Crippen LogP contribution in [0.3, 0.4) is 0 Å². The van der Waals surface area contributed by atoms with Gasteiger partial charge in [-0.15, -0.1) is 0 Å². The van der Waals surface area contributed by atoms with E-state index in [1.807, 2.05) is 109 Å². The van der Waals surface area contributed by atoms with E-state index in [1.54, 1.807) is 12.4 Å². The zero-order valence-electron chi connectivity index (χ0n) is 19.7. The highest BCUT2D eigenvalue weighted by Gasteiger charge is 2.09. The van der Waals surface area contributed by atoms with Gasteiger partial charge in [0.25, 0.3) is 0 Å². The Morgan fingerprint density at radius 3 is 1.08 bits per heavy atom. The summed E-state index contributed by atoms with van der Waals surface area (Å²) in [6.07, 6.45) is 3.52. The van der Waals surface area contributed by atoms with Crippen molar-refractivity contribution in [2.24, 2.45) is 0 Å². The maximum absolute atomic E-state index is 4.77. The molecule has 7 nitrogen and oxygen atoms in total. The van der Waals surface area contributed by atoms with Gasteiger partial charge in [0.05, 0.1) is 45.6 Å². The topological polar surface area (TPSA) is 89.4 Å². The summed E-state index contributed by atoms with van der Waals surface area (Å²) in [6.45, 7) is 0. The van der Waals surface area contributed by atoms with Gasteiger partial charge in [0.15, 0.2) is 0 Å². The van der Waals surface area contributed by atoms with Gasteiger partial charge in [0.2, 0.25) is 0 Å². The lowest BCUT2D eigenvalue weighted by Gasteiger charge is -2.09. The summed E-state index contributed by atoms with van der Waals surface area (Å²) >= 11 is 0. The molecule has 6 aromatic heterocycles. The van der Waals surface area contributed by atoms with E-state index in [2.05, 4.69) is 15.3 Å². The van der Waals surface area contributed by atoms with Crippen molar-refractivity contribution in [3.05, 3.63) is 122 Å². The van der Waals surface area contributed by atoms with Crippen LogP contribution in [0.5, 0.6) is 0 Å². The molecule has 0 bridgehead atoms. The Hall–Kier alpha value is -5.30. The molecule has 6 aromatic rings. The predicted molar refractivity (Wildman–Crippen MR) is 145 cm³/mol. The third-order valence-electron chi connectivity index (χ3n) is 5.63. The number of hydrogen-bond donors (Lipinski definition) is 1. The summed E-state index contributed by atoms with van der Waals surface area (Å²) in [5, 5.41) is 3.31. The molecule has 0 aliphatic rings. The van der Waals surface area contributed by atoms with E-state index in [9.17, 15) is 0 Å². The average molecular weight is 480 g/mol. The van der Waals surface area contributed by atoms with E-state index in [4.69, 9.17) is 19.9 Å². The van der Waals surface area contributed by atoms with E-state index in [0.29, 0.717) is 11.6 Å². The van der Waals surface area contributed by atoms with E-state index in [0.717, 1.165) is 45.6 Å². The second-order valence-corrected chi connectivity index (χ2v) is 8.19. The van der Waals surface area contributed by atoms with Crippen LogP contribution in [0, 0.1) is 0 Å². The van der Waals surface area contributed by atoms with Crippen LogP contribution in [-0.2, 0) is 0 Å². The fraction of sp³-hybridized carbons (Fsp3) is 0. The van der Waals surface area contributed by atoms with Gasteiger partial charge < -0.3 is 5.32 Å². The van der Waals surface area contributed by atoms with Gasteiger partial charge in [0.1, 0.15) is 11.6 Å². The second kappa shape index (κ2) is 10.1. The molecule has 0 aliphatic heterocycles. The third-order valence-corrected chi connectivity index (χ3v) is 5.63. The lowest BCUT2D eigenvalue weighted by atomic mass is 10.2. The van der Waals surface area contributed by atoms with E-state index in [-0.39, 0.29) is 0 Å². The van der Waals surface area contributed by atoms with Crippen molar-refractivity contribution < 1.29 is 0 Å². The molecule has 6 rings (SSSR count). The van der Waals surface area contributed by atoms with Crippen molar-refractivity contribution in [3.8, 4) is 45.6 Å². The van der Waals surface area contributed by atoms with Crippen molar-refractivity contribution in [2.45, 2.75) is 0 Å². The molecule has 0 amide bonds. The molecule has 0 unspecified atom stereocenters. The molecule has 37 heavy (non-hydrogen) atoms. The Kier molecular flexibility index (Phi) is 6.07. The van der Waals surface area contributed by atoms with E-state index < -0.39 is 0 Å². The molecule has 7 heteroatoms. The Balaban J connectivity index is 1.26. The van der Waals surface area contributed by atoms with Crippen LogP contribution in [0.1, 0.15) is 0 Å². The van der Waals surface area contributed by atoms with Crippen LogP contribution >= 0.6 is 0 Å². The number of pyridine rings is 6. The summed E-state index contributed by atoms with van der Waals surface area (Å²) in [7, 11) is 0. The molecule has 0 saturated heterocycles. The fourth-order valence-corrected chi connectivity index (χ4v) is 3.89. The van der Waals surface area contributed by atoms with Gasteiger partial charge in [-0.25, -0.2) is 19.9 Å². The lowest BCUT2D eigenvalue weighted by molar-refractivity contribution is 1.20. The normalized spacial score (nSPS) is 10.7. The number of nitrogens with zero attached hydrogens (tertiary/aromatic N) is 6. The quantitative estimate of drug-likeness (QED) is 0.293. The monoisotopic (exact) mass is 479 g/mol. The molecule has 0 atom stereocenters. The number of nitrogens with one attached hydrogen (secondary N) is 1. The molecule has 6 heterocycles. The van der Waals surface area contributed by atoms with Gasteiger partial charge in [-0.1, -0.05) is 36.4 Å². The number of rotatable bonds is 6. The van der Waals surface area contributed by atoms with Crippen molar-refractivity contribution in [1.29, 1.82) is 0 Å². The van der Waals surface area contributed by atoms with E-state index in [1.165, 1.54) is 0 Å². The maximum atomic E-state index is 4.77. The minimum Gasteiger partial charge on any atom is -0.325 e. The third kappa shape index (κ3) is 5.06. The second-order valence-electron chi connectivity index (χ2n) is 8.19. The SMILES string of the molecule is c1ccc(-c2cccc(-c3cccc(Nc4cccc(-c5cccc(-c6ccccn6)n5)n4)n3)n2)nc1. The summed E-state index contributed by atoms with van der Waals surface area (Å²) < 4.78 is 0. The van der Waals surface area contributed by atoms with Crippen LogP contribution in [0.4, 0.5) is 11.6 Å². The van der Waals surface area contributed by atoms with Crippen molar-refractivity contribution in [1.82, 2.24) is 29.9 Å². The maximum Gasteiger partial charge on any atom is 0.132 e. The molecule has 176 valence electrons. The molecule has 0 aliphatic carbocycles. The highest BCUT2D eigenvalue weighted by atomic mass is 15.1. The van der Waals surface area contributed by atoms with Crippen LogP contribution in [0.15, 0.2) is 122 Å². The number of hydrogen-bond acceptors (Lipinski definition) is 7. The van der Waals surface area contributed by atoms with Gasteiger partial charge in [-0.2, -0.15) is 0 Å². The first kappa shape index (κ1) is 22.2. The van der Waals surface area contributed by atoms with Crippen molar-refractivity contribution in [3.63, 3.8) is 0 Å². The molecule has 0 radical (unpaired) electrons. The van der Waals surface area contributed by atoms with Crippen LogP contribution in [0.2, 0.25) is 0 Å². The molecular weight excluding hydrogens is 458 g/mol. The average Bonchev–Trinajstić information content (AvgIpc) is 2.98. The number of anilines is 2. The summed E-state index contributed by atoms with van der Waals surface area (Å²) in [6, 6.07) is 34.8. The highest BCUT2D eigenvalue weighted by Crippen LogP contribution is 2.24. The largest absolute Gasteiger partial charge is 0.325 e. The minimum absolute atomic E-state index is 0.669. The van der Waals surface area contributed by atoms with Gasteiger partial charge >= 0.3 is 0 Å². The zero-order valence-corrected chi connectivity index (χ0v) is 19.7. The Labute approximate surface area is 214 Å². The molecule has 0 spiro atoms. The first-order valence-electron chi connectivity index (χ1n) is 11.8. The van der Waals surface area contributed by atoms with Crippen molar-refractivity contribution in [2.75, 3.05) is 5.32 Å². The zero-order chi connectivity index (χ0) is 24.9. The Bertz CT molecular complexity index is 1530. The van der Waals surface area contributed by atoms with Gasteiger partial charge in [0, 0.05) is 12.4 Å². The molecule has 0 saturated carbocycles. The molecule has 1 N–H and O–H groups in total. The predicted octanol–water partition coefficient (Wildman–Crippen LogP) is 6.47. The summed E-state index contributed by atoms with van der Waals surface area (Å²) in [5.41, 5.74) is 6.28. The van der Waals surface area contributed by atoms with Crippen LogP contribution in [0.25, 0.3) is 45.6 Å². The van der Waals surface area contributed by atoms with Gasteiger partial charge in [-0.3, -0.25) is 9.97 Å². The van der Waals surface area contributed by atoms with Crippen LogP contribution in [-0.4, -0.2) is 29.9 Å². The van der Waals surface area contributed by atoms with Crippen molar-refractivity contribution >= 4 is 11.6 Å². The first-order valence-corrected chi connectivity index (χ1v) is 11.8. The standard InChI is InChI=1S/C30H21N7/c1-3-19-31-21(9-1)23-11-5-13-25(33-23)27-15-7-17-29(35-27)37-30-18-8-16-28(36-30)26-14-6-12-24(34-26)22-10-2-4-20-32-22/h1-20H,(H,35,36,37). The lowest BCUT2D eigenvalue weighted by Crippen LogP contribution is -1.99. The Morgan fingerprint density at radius 2 is 0.676 bits per heavy atom. The molecule has 0 fully saturated rings. The molecular formula is C30H21N7. The molecule has 0 aromatic carbocycles. The van der Waals surface area contributed by atoms with Gasteiger partial charge in [-0.05, 0) is 72.8 Å². The number of aromatic nitrogens is 6. The first-order chi connectivity index (χ1) is 18.3. The van der Waals surface area contributed by atoms with E-state index >= 15 is 0 Å². The smallest absolute Gasteiger partial charge is 0.132 e. The fourth-order valence-electron chi connectivity index (χ4n) is 3.89. The summed E-state index contributed by atoms with van der Waals surface area (Å²) in [4.78, 5) is 27.9. The highest BCUT2D eigenvalue weighted by molar-refractivity contribution is 5.66. The Morgan fingerprint density at radius 1 is 0.324 bits per heavy atom. The summed E-state index contributed by atoms with van der Waals surface area (Å²) in [5.74, 6) is 1.34. The minimum atomic E-state index is 0.669. The van der Waals surface area contributed by atoms with Crippen LogP contribution < -0.4 is 5.32 Å².